The molecule has 0 fully saturated rings. The Morgan fingerprint density at radius 2 is 1.48 bits per heavy atom. The number of hydrogen-bond acceptors (Lipinski definition) is 5. The van der Waals surface area contributed by atoms with Crippen LogP contribution in [0.3, 0.4) is 0 Å². The normalized spacial score (nSPS) is 12.0. The monoisotopic (exact) mass is 400 g/mol. The van der Waals surface area contributed by atoms with Gasteiger partial charge in [-0.15, -0.1) is 0 Å². The van der Waals surface area contributed by atoms with E-state index in [1.165, 1.54) is 0 Å². The van der Waals surface area contributed by atoms with Crippen molar-refractivity contribution in [2.75, 3.05) is 11.9 Å². The van der Waals surface area contributed by atoms with Crippen molar-refractivity contribution in [1.29, 1.82) is 0 Å². The first-order chi connectivity index (χ1) is 13.6. The van der Waals surface area contributed by atoms with Gasteiger partial charge in [0.25, 0.3) is 5.91 Å². The van der Waals surface area contributed by atoms with E-state index < -0.39 is 36.2 Å². The highest BCUT2D eigenvalue weighted by Gasteiger charge is 2.19. The number of carboxylic acids is 1. The Balaban J connectivity index is 2.03. The summed E-state index contributed by atoms with van der Waals surface area (Å²) in [5, 5.41) is 22.8. The summed E-state index contributed by atoms with van der Waals surface area (Å²) in [4.78, 5) is 34.8. The van der Waals surface area contributed by atoms with E-state index in [1.54, 1.807) is 57.2 Å². The Bertz CT molecular complexity index is 870. The molecule has 0 heterocycles. The highest BCUT2D eigenvalue weighted by atomic mass is 16.6. The van der Waals surface area contributed by atoms with Crippen LogP contribution in [-0.2, 0) is 9.53 Å². The molecule has 29 heavy (non-hydrogen) atoms. The zero-order chi connectivity index (χ0) is 21.6. The second-order valence-corrected chi connectivity index (χ2v) is 7.33. The highest BCUT2D eigenvalue weighted by molar-refractivity contribution is 5.97. The number of carbonyl (C=O) groups excluding carboxylic acids is 2. The molecular weight excluding hydrogens is 376 g/mol. The fourth-order valence-corrected chi connectivity index (χ4v) is 2.41. The first kappa shape index (κ1) is 21.9. The molecule has 4 N–H and O–H groups in total. The number of aliphatic carboxylic acids is 1. The average Bonchev–Trinajstić information content (AvgIpc) is 2.65. The van der Waals surface area contributed by atoms with E-state index in [2.05, 4.69) is 10.6 Å². The minimum Gasteiger partial charge on any atom is -0.480 e. The van der Waals surface area contributed by atoms with Crippen LogP contribution < -0.4 is 10.6 Å². The quantitative estimate of drug-likeness (QED) is 0.591. The number of rotatable bonds is 6. The van der Waals surface area contributed by atoms with E-state index in [4.69, 9.17) is 14.9 Å². The van der Waals surface area contributed by atoms with Crippen molar-refractivity contribution in [3.63, 3.8) is 0 Å². The van der Waals surface area contributed by atoms with E-state index >= 15 is 0 Å². The summed E-state index contributed by atoms with van der Waals surface area (Å²) in [6, 6.07) is 12.3. The lowest BCUT2D eigenvalue weighted by molar-refractivity contribution is -0.140. The fraction of sp³-hybridized carbons (Fsp3) is 0.286. The minimum absolute atomic E-state index is 0.275. The molecule has 1 atom stereocenters. The molecule has 2 aromatic rings. The van der Waals surface area contributed by atoms with Crippen molar-refractivity contribution in [3.05, 3.63) is 54.1 Å². The minimum atomic E-state index is -1.35. The lowest BCUT2D eigenvalue weighted by Crippen LogP contribution is -2.43. The van der Waals surface area contributed by atoms with Gasteiger partial charge in [0.1, 0.15) is 5.60 Å². The van der Waals surface area contributed by atoms with Gasteiger partial charge in [0.05, 0.1) is 6.61 Å². The van der Waals surface area contributed by atoms with Crippen LogP contribution in [0, 0.1) is 0 Å². The van der Waals surface area contributed by atoms with E-state index in [9.17, 15) is 14.4 Å². The van der Waals surface area contributed by atoms with E-state index in [1.807, 2.05) is 12.1 Å². The van der Waals surface area contributed by atoms with Crippen molar-refractivity contribution in [2.24, 2.45) is 0 Å². The van der Waals surface area contributed by atoms with E-state index in [0.29, 0.717) is 5.69 Å². The average molecular weight is 400 g/mol. The molecule has 0 saturated carbocycles. The van der Waals surface area contributed by atoms with E-state index in [0.717, 1.165) is 11.1 Å². The predicted octanol–water partition coefficient (Wildman–Crippen LogP) is 2.88. The zero-order valence-corrected chi connectivity index (χ0v) is 16.4. The number of ether oxygens (including phenoxy) is 1. The Morgan fingerprint density at radius 3 is 1.93 bits per heavy atom. The van der Waals surface area contributed by atoms with Crippen molar-refractivity contribution in [2.45, 2.75) is 32.4 Å². The van der Waals surface area contributed by atoms with Crippen LogP contribution in [-0.4, -0.2) is 46.4 Å². The topological polar surface area (TPSA) is 125 Å². The molecular formula is C21H24N2O6. The van der Waals surface area contributed by atoms with Gasteiger partial charge in [-0.1, -0.05) is 24.3 Å². The lowest BCUT2D eigenvalue weighted by Gasteiger charge is -2.19. The molecule has 2 aromatic carbocycles. The van der Waals surface area contributed by atoms with Gasteiger partial charge in [-0.2, -0.15) is 0 Å². The first-order valence-electron chi connectivity index (χ1n) is 8.94. The number of nitrogens with one attached hydrogen (secondary N) is 2. The summed E-state index contributed by atoms with van der Waals surface area (Å²) in [6.07, 6.45) is -0.539. The second-order valence-electron chi connectivity index (χ2n) is 7.33. The van der Waals surface area contributed by atoms with Crippen molar-refractivity contribution >= 4 is 23.7 Å². The molecule has 0 bridgehead atoms. The van der Waals surface area contributed by atoms with Crippen molar-refractivity contribution < 1.29 is 29.3 Å². The van der Waals surface area contributed by atoms with Crippen LogP contribution in [0.15, 0.2) is 48.5 Å². The third kappa shape index (κ3) is 6.62. The number of aliphatic hydroxyl groups excluding tert-OH is 1. The van der Waals surface area contributed by atoms with Gasteiger partial charge >= 0.3 is 12.1 Å². The van der Waals surface area contributed by atoms with Crippen molar-refractivity contribution in [1.82, 2.24) is 5.32 Å². The van der Waals surface area contributed by atoms with Gasteiger partial charge in [0, 0.05) is 11.3 Å². The van der Waals surface area contributed by atoms with Gasteiger partial charge in [-0.3, -0.25) is 10.1 Å². The zero-order valence-electron chi connectivity index (χ0n) is 16.4. The molecule has 8 heteroatoms. The third-order valence-electron chi connectivity index (χ3n) is 3.80. The number of hydrogen-bond donors (Lipinski definition) is 4. The molecule has 0 aliphatic heterocycles. The van der Waals surface area contributed by atoms with Crippen LogP contribution in [0.25, 0.3) is 11.1 Å². The van der Waals surface area contributed by atoms with Crippen LogP contribution in [0.2, 0.25) is 0 Å². The lowest BCUT2D eigenvalue weighted by atomic mass is 10.0. The number of benzene rings is 2. The molecule has 2 rings (SSSR count). The summed E-state index contributed by atoms with van der Waals surface area (Å²) in [7, 11) is 0. The Kier molecular flexibility index (Phi) is 6.95. The Morgan fingerprint density at radius 1 is 0.966 bits per heavy atom. The predicted molar refractivity (Wildman–Crippen MR) is 108 cm³/mol. The van der Waals surface area contributed by atoms with Crippen LogP contribution in [0.4, 0.5) is 10.5 Å². The molecule has 154 valence electrons. The second kappa shape index (κ2) is 9.20. The third-order valence-corrected chi connectivity index (χ3v) is 3.80. The van der Waals surface area contributed by atoms with Crippen molar-refractivity contribution in [3.8, 4) is 11.1 Å². The Labute approximate surface area is 168 Å². The summed E-state index contributed by atoms with van der Waals surface area (Å²) >= 11 is 0. The molecule has 8 nitrogen and oxygen atoms in total. The number of aliphatic hydroxyl groups is 1. The maximum absolute atomic E-state index is 12.1. The van der Waals surface area contributed by atoms with Gasteiger partial charge in [0.15, 0.2) is 6.04 Å². The number of carboxylic acid groups (broad SMARTS) is 1. The van der Waals surface area contributed by atoms with Gasteiger partial charge in [-0.05, 0) is 56.2 Å². The number of carbonyl (C=O) groups is 3. The molecule has 0 spiro atoms. The smallest absolute Gasteiger partial charge is 0.412 e. The molecule has 0 radical (unpaired) electrons. The van der Waals surface area contributed by atoms with Gasteiger partial charge < -0.3 is 20.3 Å². The summed E-state index contributed by atoms with van der Waals surface area (Å²) in [5.41, 5.74) is 1.98. The van der Waals surface area contributed by atoms with Crippen LogP contribution in [0.1, 0.15) is 31.1 Å². The maximum Gasteiger partial charge on any atom is 0.412 e. The molecule has 0 saturated heterocycles. The molecule has 0 aromatic heterocycles. The first-order valence-corrected chi connectivity index (χ1v) is 8.94. The maximum atomic E-state index is 12.1. The number of amides is 2. The van der Waals surface area contributed by atoms with Gasteiger partial charge in [-0.25, -0.2) is 9.59 Å². The standard InChI is InChI=1S/C21H24N2O6/c1-21(2,3)29-20(28)22-16-10-8-14(9-11-16)13-4-6-15(7-5-13)18(25)23-17(12-24)19(26)27/h4-11,17,24H,12H2,1-3H3,(H,22,28)(H,23,25)(H,26,27)/t17-/m0/s1. The SMILES string of the molecule is CC(C)(C)OC(=O)Nc1ccc(-c2ccc(C(=O)N[C@@H](CO)C(=O)O)cc2)cc1. The largest absolute Gasteiger partial charge is 0.480 e. The summed E-state index contributed by atoms with van der Waals surface area (Å²) in [5.74, 6) is -1.90. The Hall–Kier alpha value is -3.39. The molecule has 0 unspecified atom stereocenters. The van der Waals surface area contributed by atoms with Crippen LogP contribution >= 0.6 is 0 Å². The molecule has 2 amide bonds. The fourth-order valence-electron chi connectivity index (χ4n) is 2.41. The molecule has 0 aliphatic rings. The summed E-state index contributed by atoms with van der Waals surface area (Å²) < 4.78 is 5.20. The van der Waals surface area contributed by atoms with Crippen LogP contribution in [0.5, 0.6) is 0 Å². The van der Waals surface area contributed by atoms with E-state index in [-0.39, 0.29) is 5.56 Å². The number of anilines is 1. The summed E-state index contributed by atoms with van der Waals surface area (Å²) in [6.45, 7) is 4.66. The van der Waals surface area contributed by atoms with Gasteiger partial charge in [0.2, 0.25) is 0 Å². The highest BCUT2D eigenvalue weighted by Crippen LogP contribution is 2.22. The molecule has 0 aliphatic carbocycles.